The zero-order valence-electron chi connectivity index (χ0n) is 18.1. The molecule has 4 rings (SSSR count). The molecule has 1 aromatic heterocycles. The largest absolute Gasteiger partial charge is 0.350 e. The fourth-order valence-electron chi connectivity index (χ4n) is 4.06. The van der Waals surface area contributed by atoms with E-state index in [1.54, 1.807) is 36.0 Å². The van der Waals surface area contributed by atoms with Crippen LogP contribution in [0.3, 0.4) is 0 Å². The molecule has 7 heteroatoms. The van der Waals surface area contributed by atoms with Gasteiger partial charge in [0.25, 0.3) is 5.91 Å². The maximum atomic E-state index is 12.7. The lowest BCUT2D eigenvalue weighted by Gasteiger charge is -2.19. The minimum absolute atomic E-state index is 0.115. The Morgan fingerprint density at radius 3 is 2.44 bits per heavy atom. The van der Waals surface area contributed by atoms with Crippen molar-refractivity contribution in [1.82, 2.24) is 14.8 Å². The van der Waals surface area contributed by atoms with Crippen molar-refractivity contribution in [1.29, 1.82) is 0 Å². The third kappa shape index (κ3) is 5.67. The van der Waals surface area contributed by atoms with Gasteiger partial charge in [0.05, 0.1) is 5.75 Å². The van der Waals surface area contributed by atoms with Gasteiger partial charge in [-0.3, -0.25) is 9.59 Å². The second kappa shape index (κ2) is 10.9. The third-order valence-corrected chi connectivity index (χ3v) is 7.09. The highest BCUT2D eigenvalue weighted by atomic mass is 35.5. The van der Waals surface area contributed by atoms with Crippen LogP contribution in [0.25, 0.3) is 10.9 Å². The van der Waals surface area contributed by atoms with Gasteiger partial charge in [0.2, 0.25) is 5.91 Å². The molecule has 0 unspecified atom stereocenters. The molecule has 1 saturated heterocycles. The van der Waals surface area contributed by atoms with Crippen molar-refractivity contribution in [2.24, 2.45) is 0 Å². The first-order chi connectivity index (χ1) is 15.6. The van der Waals surface area contributed by atoms with Crippen LogP contribution in [0.2, 0.25) is 5.02 Å². The Morgan fingerprint density at radius 1 is 0.969 bits per heavy atom. The summed E-state index contributed by atoms with van der Waals surface area (Å²) in [6.45, 7) is 2.93. The summed E-state index contributed by atoms with van der Waals surface area (Å²) >= 11 is 7.50. The molecule has 2 aromatic carbocycles. The molecular formula is C25H28ClN3O2S. The first kappa shape index (κ1) is 22.7. The minimum Gasteiger partial charge on any atom is -0.350 e. The molecule has 2 heterocycles. The summed E-state index contributed by atoms with van der Waals surface area (Å²) < 4.78 is 2.15. The van der Waals surface area contributed by atoms with Crippen LogP contribution in [-0.4, -0.2) is 46.7 Å². The van der Waals surface area contributed by atoms with Crippen molar-refractivity contribution in [3.05, 3.63) is 65.3 Å². The monoisotopic (exact) mass is 469 g/mol. The molecule has 1 fully saturated rings. The topological polar surface area (TPSA) is 54.3 Å². The van der Waals surface area contributed by atoms with Gasteiger partial charge in [0.15, 0.2) is 0 Å². The van der Waals surface area contributed by atoms with Crippen LogP contribution in [0.4, 0.5) is 0 Å². The molecular weight excluding hydrogens is 442 g/mol. The Balaban J connectivity index is 1.38. The van der Waals surface area contributed by atoms with Crippen molar-refractivity contribution >= 4 is 46.1 Å². The van der Waals surface area contributed by atoms with Gasteiger partial charge < -0.3 is 14.8 Å². The van der Waals surface area contributed by atoms with Crippen molar-refractivity contribution < 1.29 is 9.59 Å². The predicted molar refractivity (Wildman–Crippen MR) is 131 cm³/mol. The number of amides is 2. The van der Waals surface area contributed by atoms with E-state index in [4.69, 9.17) is 11.6 Å². The second-order valence-corrected chi connectivity index (χ2v) is 9.50. The lowest BCUT2D eigenvalue weighted by atomic mass is 10.2. The number of likely N-dealkylation sites (tertiary alicyclic amines) is 1. The summed E-state index contributed by atoms with van der Waals surface area (Å²) in [4.78, 5) is 28.2. The Kier molecular flexibility index (Phi) is 7.76. The van der Waals surface area contributed by atoms with Crippen molar-refractivity contribution in [2.75, 3.05) is 25.4 Å². The molecule has 32 heavy (non-hydrogen) atoms. The van der Waals surface area contributed by atoms with E-state index >= 15 is 0 Å². The van der Waals surface area contributed by atoms with E-state index in [1.807, 2.05) is 17.0 Å². The van der Waals surface area contributed by atoms with Gasteiger partial charge in [-0.05, 0) is 43.2 Å². The summed E-state index contributed by atoms with van der Waals surface area (Å²) in [6.07, 6.45) is 6.76. The number of nitrogens with zero attached hydrogens (tertiary/aromatic N) is 2. The van der Waals surface area contributed by atoms with E-state index in [2.05, 4.69) is 28.2 Å². The average molecular weight is 470 g/mol. The Morgan fingerprint density at radius 2 is 1.69 bits per heavy atom. The number of carbonyl (C=O) groups excluding carboxylic acids is 2. The number of rotatable bonds is 7. The van der Waals surface area contributed by atoms with Crippen molar-refractivity contribution in [2.45, 2.75) is 37.1 Å². The number of nitrogens with one attached hydrogen (secondary N) is 1. The summed E-state index contributed by atoms with van der Waals surface area (Å²) in [5.41, 5.74) is 1.70. The smallest absolute Gasteiger partial charge is 0.251 e. The van der Waals surface area contributed by atoms with E-state index in [1.165, 1.54) is 12.8 Å². The Hall–Kier alpha value is -2.44. The van der Waals surface area contributed by atoms with Crippen LogP contribution in [0, 0.1) is 0 Å². The molecule has 1 aliphatic heterocycles. The number of benzene rings is 2. The van der Waals surface area contributed by atoms with Crippen LogP contribution >= 0.6 is 23.4 Å². The number of carbonyl (C=O) groups is 2. The predicted octanol–water partition coefficient (Wildman–Crippen LogP) is 5.22. The molecule has 0 saturated carbocycles. The molecule has 0 atom stereocenters. The average Bonchev–Trinajstić information content (AvgIpc) is 2.97. The Bertz CT molecular complexity index is 1070. The second-order valence-electron chi connectivity index (χ2n) is 8.05. The summed E-state index contributed by atoms with van der Waals surface area (Å²) in [5.74, 6) is 0.570. The molecule has 3 aromatic rings. The zero-order chi connectivity index (χ0) is 22.3. The van der Waals surface area contributed by atoms with Gasteiger partial charge in [-0.25, -0.2) is 0 Å². The minimum atomic E-state index is -0.115. The number of thioether (sulfide) groups is 1. The van der Waals surface area contributed by atoms with E-state index in [0.29, 0.717) is 29.4 Å². The van der Waals surface area contributed by atoms with Crippen LogP contribution < -0.4 is 5.32 Å². The number of aromatic nitrogens is 1. The van der Waals surface area contributed by atoms with E-state index in [9.17, 15) is 9.59 Å². The maximum Gasteiger partial charge on any atom is 0.251 e. The van der Waals surface area contributed by atoms with E-state index in [-0.39, 0.29) is 11.8 Å². The molecule has 0 radical (unpaired) electrons. The third-order valence-electron chi connectivity index (χ3n) is 5.81. The van der Waals surface area contributed by atoms with Gasteiger partial charge in [0, 0.05) is 58.8 Å². The SMILES string of the molecule is O=C(NCCn1cc(SCC(=O)N2CCCCCC2)c2ccccc21)c1ccc(Cl)cc1. The lowest BCUT2D eigenvalue weighted by Crippen LogP contribution is -2.33. The molecule has 0 spiro atoms. The van der Waals surface area contributed by atoms with Gasteiger partial charge in [0.1, 0.15) is 0 Å². The van der Waals surface area contributed by atoms with E-state index < -0.39 is 0 Å². The van der Waals surface area contributed by atoms with Crippen molar-refractivity contribution in [3.8, 4) is 0 Å². The fourth-order valence-corrected chi connectivity index (χ4v) is 5.17. The van der Waals surface area contributed by atoms with Gasteiger partial charge in [-0.1, -0.05) is 42.6 Å². The molecule has 1 aliphatic rings. The number of fused-ring (bicyclic) bond motifs is 1. The van der Waals surface area contributed by atoms with Gasteiger partial charge in [-0.2, -0.15) is 0 Å². The number of hydrogen-bond acceptors (Lipinski definition) is 3. The quantitative estimate of drug-likeness (QED) is 0.482. The fraction of sp³-hybridized carbons (Fsp3) is 0.360. The first-order valence-corrected chi connectivity index (χ1v) is 12.5. The zero-order valence-corrected chi connectivity index (χ0v) is 19.6. The van der Waals surface area contributed by atoms with Crippen LogP contribution in [0.5, 0.6) is 0 Å². The van der Waals surface area contributed by atoms with Gasteiger partial charge >= 0.3 is 0 Å². The van der Waals surface area contributed by atoms with Crippen molar-refractivity contribution in [3.63, 3.8) is 0 Å². The number of halogens is 1. The van der Waals surface area contributed by atoms with E-state index in [0.717, 1.165) is 41.7 Å². The molecule has 0 bridgehead atoms. The highest BCUT2D eigenvalue weighted by molar-refractivity contribution is 8.00. The summed E-state index contributed by atoms with van der Waals surface area (Å²) in [6, 6.07) is 15.1. The highest BCUT2D eigenvalue weighted by Gasteiger charge is 2.17. The molecule has 1 N–H and O–H groups in total. The molecule has 2 amide bonds. The number of para-hydroxylation sites is 1. The molecule has 168 valence electrons. The highest BCUT2D eigenvalue weighted by Crippen LogP contribution is 2.30. The maximum absolute atomic E-state index is 12.7. The molecule has 5 nitrogen and oxygen atoms in total. The van der Waals surface area contributed by atoms with Crippen LogP contribution in [0.1, 0.15) is 36.0 Å². The first-order valence-electron chi connectivity index (χ1n) is 11.1. The Labute approximate surface area is 198 Å². The summed E-state index contributed by atoms with van der Waals surface area (Å²) in [5, 5.41) is 4.72. The lowest BCUT2D eigenvalue weighted by molar-refractivity contribution is -0.128. The van der Waals surface area contributed by atoms with Gasteiger partial charge in [-0.15, -0.1) is 11.8 Å². The van der Waals surface area contributed by atoms with Crippen LogP contribution in [0.15, 0.2) is 59.6 Å². The normalized spacial score (nSPS) is 14.3. The van der Waals surface area contributed by atoms with Crippen LogP contribution in [-0.2, 0) is 11.3 Å². The standard InChI is InChI=1S/C25H28ClN3O2S/c26-20-11-9-19(10-12-20)25(31)27-13-16-29-17-23(21-7-3-4-8-22(21)29)32-18-24(30)28-14-5-1-2-6-15-28/h3-4,7-12,17H,1-2,5-6,13-16,18H2,(H,27,31). The molecule has 0 aliphatic carbocycles. The number of hydrogen-bond donors (Lipinski definition) is 1. The summed E-state index contributed by atoms with van der Waals surface area (Å²) in [7, 11) is 0.